The quantitative estimate of drug-likeness (QED) is 0.368. The maximum Gasteiger partial charge on any atom is 0.242 e. The van der Waals surface area contributed by atoms with Gasteiger partial charge < -0.3 is 8.97 Å². The molecule has 0 fully saturated rings. The first kappa shape index (κ1) is 21.9. The second kappa shape index (κ2) is 8.64. The highest BCUT2D eigenvalue weighted by atomic mass is 32.2. The minimum atomic E-state index is -3.50. The molecule has 4 aromatic rings. The summed E-state index contributed by atoms with van der Waals surface area (Å²) in [5.41, 5.74) is 4.76. The second-order valence-corrected chi connectivity index (χ2v) is 10.9. The molecule has 0 radical (unpaired) electrons. The number of pyridine rings is 1. The van der Waals surface area contributed by atoms with Crippen LogP contribution in [-0.2, 0) is 22.3 Å². The van der Waals surface area contributed by atoms with Gasteiger partial charge in [0.2, 0.25) is 10.0 Å². The lowest BCUT2D eigenvalue weighted by Gasteiger charge is -2.11. The lowest BCUT2D eigenvalue weighted by Crippen LogP contribution is -2.22. The van der Waals surface area contributed by atoms with Gasteiger partial charge in [-0.25, -0.2) is 22.7 Å². The molecule has 0 bridgehead atoms. The SMILES string of the molecule is CCCCn1c(SCc2cn3cc(C)ccc3n2)nc2cc(S(=O)(=O)N(C)C)ccc21. The summed E-state index contributed by atoms with van der Waals surface area (Å²) in [6.45, 7) is 5.07. The highest BCUT2D eigenvalue weighted by Gasteiger charge is 2.20. The van der Waals surface area contributed by atoms with Crippen molar-refractivity contribution in [3.05, 3.63) is 54.0 Å². The molecule has 0 N–H and O–H groups in total. The standard InChI is InChI=1S/C22H27N5O2S2/c1-5-6-11-27-20-9-8-18(31(28,29)25(3)4)12-19(20)24-22(27)30-15-17-14-26-13-16(2)7-10-21(26)23-17/h7-10,12-14H,5-6,11,15H2,1-4H3. The van der Waals surface area contributed by atoms with Gasteiger partial charge in [-0.05, 0) is 43.2 Å². The third kappa shape index (κ3) is 4.35. The Labute approximate surface area is 187 Å². The molecule has 0 aliphatic heterocycles. The Bertz CT molecular complexity index is 1340. The van der Waals surface area contributed by atoms with Crippen molar-refractivity contribution in [1.82, 2.24) is 23.2 Å². The van der Waals surface area contributed by atoms with Crippen molar-refractivity contribution in [1.29, 1.82) is 0 Å². The second-order valence-electron chi connectivity index (χ2n) is 7.83. The zero-order valence-electron chi connectivity index (χ0n) is 18.2. The molecular weight excluding hydrogens is 430 g/mol. The van der Waals surface area contributed by atoms with Crippen molar-refractivity contribution in [2.24, 2.45) is 0 Å². The normalized spacial score (nSPS) is 12.4. The topological polar surface area (TPSA) is 72.5 Å². The number of fused-ring (bicyclic) bond motifs is 2. The van der Waals surface area contributed by atoms with E-state index in [1.807, 2.05) is 16.5 Å². The summed E-state index contributed by atoms with van der Waals surface area (Å²) in [6.07, 6.45) is 6.23. The lowest BCUT2D eigenvalue weighted by atomic mass is 10.3. The number of rotatable bonds is 8. The Morgan fingerprint density at radius 3 is 2.65 bits per heavy atom. The molecule has 0 atom stereocenters. The van der Waals surface area contributed by atoms with Crippen molar-refractivity contribution in [3.8, 4) is 0 Å². The average molecular weight is 458 g/mol. The molecule has 9 heteroatoms. The molecule has 7 nitrogen and oxygen atoms in total. The third-order valence-corrected chi connectivity index (χ3v) is 8.02. The molecule has 0 aliphatic carbocycles. The van der Waals surface area contributed by atoms with Gasteiger partial charge in [0.05, 0.1) is 21.6 Å². The number of unbranched alkanes of at least 4 members (excludes halogenated alkanes) is 1. The number of benzene rings is 1. The number of sulfonamides is 1. The molecule has 0 amide bonds. The summed E-state index contributed by atoms with van der Waals surface area (Å²) in [7, 11) is -0.421. The summed E-state index contributed by atoms with van der Waals surface area (Å²) >= 11 is 1.63. The van der Waals surface area contributed by atoms with Crippen LogP contribution in [0.3, 0.4) is 0 Å². The van der Waals surface area contributed by atoms with Crippen LogP contribution in [0, 0.1) is 6.92 Å². The van der Waals surface area contributed by atoms with Crippen LogP contribution in [0.1, 0.15) is 31.0 Å². The van der Waals surface area contributed by atoms with Gasteiger partial charge in [-0.15, -0.1) is 0 Å². The average Bonchev–Trinajstić information content (AvgIpc) is 3.29. The van der Waals surface area contributed by atoms with Crippen molar-refractivity contribution >= 4 is 38.5 Å². The monoisotopic (exact) mass is 457 g/mol. The highest BCUT2D eigenvalue weighted by molar-refractivity contribution is 7.98. The molecule has 0 spiro atoms. The van der Waals surface area contributed by atoms with Gasteiger partial charge in [0, 0.05) is 38.8 Å². The van der Waals surface area contributed by atoms with Crippen LogP contribution in [0.25, 0.3) is 16.7 Å². The molecule has 3 aromatic heterocycles. The molecule has 0 aliphatic rings. The van der Waals surface area contributed by atoms with Gasteiger partial charge in [-0.1, -0.05) is 31.2 Å². The van der Waals surface area contributed by atoms with E-state index in [4.69, 9.17) is 9.97 Å². The van der Waals surface area contributed by atoms with E-state index >= 15 is 0 Å². The fourth-order valence-corrected chi connectivity index (χ4v) is 5.31. The molecule has 31 heavy (non-hydrogen) atoms. The van der Waals surface area contributed by atoms with Crippen molar-refractivity contribution in [2.75, 3.05) is 14.1 Å². The van der Waals surface area contributed by atoms with Crippen LogP contribution < -0.4 is 0 Å². The maximum absolute atomic E-state index is 12.5. The van der Waals surface area contributed by atoms with E-state index in [0.717, 1.165) is 41.4 Å². The molecule has 164 valence electrons. The number of hydrogen-bond acceptors (Lipinski definition) is 5. The van der Waals surface area contributed by atoms with Gasteiger partial charge in [0.1, 0.15) is 5.65 Å². The van der Waals surface area contributed by atoms with Crippen molar-refractivity contribution < 1.29 is 8.42 Å². The van der Waals surface area contributed by atoms with Gasteiger partial charge >= 0.3 is 0 Å². The smallest absolute Gasteiger partial charge is 0.242 e. The summed E-state index contributed by atoms with van der Waals surface area (Å²) in [5, 5.41) is 0.885. The first-order chi connectivity index (χ1) is 14.8. The Morgan fingerprint density at radius 1 is 1.10 bits per heavy atom. The van der Waals surface area contributed by atoms with E-state index in [1.165, 1.54) is 24.0 Å². The minimum absolute atomic E-state index is 0.261. The molecule has 0 unspecified atom stereocenters. The number of aromatic nitrogens is 4. The van der Waals surface area contributed by atoms with Crippen molar-refractivity contribution in [3.63, 3.8) is 0 Å². The van der Waals surface area contributed by atoms with Crippen LogP contribution in [0.4, 0.5) is 0 Å². The fraction of sp³-hybridized carbons (Fsp3) is 0.364. The number of imidazole rings is 2. The minimum Gasteiger partial charge on any atom is -0.319 e. The predicted octanol–water partition coefficient (Wildman–Crippen LogP) is 4.34. The van der Waals surface area contributed by atoms with E-state index in [1.54, 1.807) is 23.9 Å². The molecule has 0 saturated carbocycles. The van der Waals surface area contributed by atoms with Gasteiger partial charge in [0.25, 0.3) is 0 Å². The number of hydrogen-bond donors (Lipinski definition) is 0. The number of thioether (sulfide) groups is 1. The number of aryl methyl sites for hydroxylation is 2. The summed E-state index contributed by atoms with van der Waals surface area (Å²) in [4.78, 5) is 9.75. The van der Waals surface area contributed by atoms with Crippen LogP contribution in [0.2, 0.25) is 0 Å². The molecule has 4 rings (SSSR count). The molecule has 3 heterocycles. The lowest BCUT2D eigenvalue weighted by molar-refractivity contribution is 0.521. The van der Waals surface area contributed by atoms with E-state index in [0.29, 0.717) is 11.3 Å². The van der Waals surface area contributed by atoms with E-state index in [-0.39, 0.29) is 4.90 Å². The first-order valence-electron chi connectivity index (χ1n) is 10.3. The zero-order valence-corrected chi connectivity index (χ0v) is 19.9. The van der Waals surface area contributed by atoms with Crippen LogP contribution in [0.15, 0.2) is 52.8 Å². The Morgan fingerprint density at radius 2 is 1.90 bits per heavy atom. The van der Waals surface area contributed by atoms with Crippen LogP contribution in [0.5, 0.6) is 0 Å². The Balaban J connectivity index is 1.67. The molecule has 0 saturated heterocycles. The Hall–Kier alpha value is -2.36. The summed E-state index contributed by atoms with van der Waals surface area (Å²) < 4.78 is 30.5. The Kier molecular flexibility index (Phi) is 6.09. The third-order valence-electron chi connectivity index (χ3n) is 5.20. The van der Waals surface area contributed by atoms with Gasteiger partial charge in [-0.2, -0.15) is 0 Å². The van der Waals surface area contributed by atoms with E-state index in [9.17, 15) is 8.42 Å². The zero-order chi connectivity index (χ0) is 22.2. The predicted molar refractivity (Wildman–Crippen MR) is 125 cm³/mol. The highest BCUT2D eigenvalue weighted by Crippen LogP contribution is 2.29. The largest absolute Gasteiger partial charge is 0.319 e. The molecular formula is C22H27N5O2S2. The van der Waals surface area contributed by atoms with Crippen molar-refractivity contribution in [2.45, 2.75) is 49.0 Å². The van der Waals surface area contributed by atoms with Gasteiger partial charge in [-0.3, -0.25) is 0 Å². The van der Waals surface area contributed by atoms with Crippen LogP contribution >= 0.6 is 11.8 Å². The fourth-order valence-electron chi connectivity index (χ4n) is 3.46. The summed E-state index contributed by atoms with van der Waals surface area (Å²) in [6, 6.07) is 9.28. The van der Waals surface area contributed by atoms with E-state index < -0.39 is 10.0 Å². The van der Waals surface area contributed by atoms with Gasteiger partial charge in [0.15, 0.2) is 5.16 Å². The first-order valence-corrected chi connectivity index (χ1v) is 12.7. The number of nitrogens with zero attached hydrogens (tertiary/aromatic N) is 5. The molecule has 1 aromatic carbocycles. The van der Waals surface area contributed by atoms with Crippen LogP contribution in [-0.4, -0.2) is 45.8 Å². The van der Waals surface area contributed by atoms with E-state index in [2.05, 4.69) is 36.9 Å². The maximum atomic E-state index is 12.5. The summed E-state index contributed by atoms with van der Waals surface area (Å²) in [5.74, 6) is 0.693.